The fraction of sp³-hybridized carbons (Fsp3) is 0.407. The monoisotopic (exact) mass is 473 g/mol. The molecule has 35 heavy (non-hydrogen) atoms. The number of likely N-dealkylation sites (tertiary alicyclic amines) is 1. The molecule has 1 saturated carbocycles. The number of aryl methyl sites for hydroxylation is 1. The summed E-state index contributed by atoms with van der Waals surface area (Å²) in [6.07, 6.45) is 6.65. The van der Waals surface area contributed by atoms with Crippen molar-refractivity contribution in [2.45, 2.75) is 45.2 Å². The van der Waals surface area contributed by atoms with Gasteiger partial charge in [-0.3, -0.25) is 9.78 Å². The summed E-state index contributed by atoms with van der Waals surface area (Å²) in [5, 5.41) is 4.62. The summed E-state index contributed by atoms with van der Waals surface area (Å²) >= 11 is 0. The van der Waals surface area contributed by atoms with E-state index in [9.17, 15) is 4.79 Å². The zero-order valence-corrected chi connectivity index (χ0v) is 20.0. The van der Waals surface area contributed by atoms with Gasteiger partial charge in [-0.2, -0.15) is 0 Å². The lowest BCUT2D eigenvalue weighted by Crippen LogP contribution is -2.43. The second kappa shape index (κ2) is 8.37. The number of halogens is 1. The molecule has 1 N–H and O–H groups in total. The molecule has 7 nitrogen and oxygen atoms in total. The zero-order valence-electron chi connectivity index (χ0n) is 20.0. The third kappa shape index (κ3) is 4.05. The maximum Gasteiger partial charge on any atom is 0.229 e. The molecule has 2 fully saturated rings. The number of amides is 1. The number of piperidine rings is 1. The molecule has 1 aliphatic heterocycles. The Hall–Kier alpha value is -3.39. The summed E-state index contributed by atoms with van der Waals surface area (Å²) in [5.74, 6) is 0.997. The molecule has 0 spiro atoms. The van der Waals surface area contributed by atoms with Crippen LogP contribution in [0.4, 0.5) is 10.2 Å². The van der Waals surface area contributed by atoms with Gasteiger partial charge in [-0.15, -0.1) is 0 Å². The lowest BCUT2D eigenvalue weighted by Gasteiger charge is -2.37. The van der Waals surface area contributed by atoms with Crippen molar-refractivity contribution in [1.82, 2.24) is 19.9 Å². The van der Waals surface area contributed by atoms with E-state index in [2.05, 4.69) is 27.1 Å². The van der Waals surface area contributed by atoms with Crippen molar-refractivity contribution in [3.8, 4) is 11.5 Å². The zero-order chi connectivity index (χ0) is 24.2. The summed E-state index contributed by atoms with van der Waals surface area (Å²) in [4.78, 5) is 28.0. The number of hydrogen-bond donors (Lipinski definition) is 1. The average molecular weight is 474 g/mol. The second-order valence-corrected chi connectivity index (χ2v) is 9.78. The summed E-state index contributed by atoms with van der Waals surface area (Å²) in [6.45, 7) is 6.15. The van der Waals surface area contributed by atoms with Gasteiger partial charge in [0.05, 0.1) is 5.56 Å². The average Bonchev–Trinajstić information content (AvgIpc) is 3.63. The minimum atomic E-state index is -1.39. The van der Waals surface area contributed by atoms with Crippen LogP contribution in [-0.4, -0.2) is 45.4 Å². The van der Waals surface area contributed by atoms with Gasteiger partial charge in [0.25, 0.3) is 0 Å². The number of nitrogens with one attached hydrogen (secondary N) is 1. The van der Waals surface area contributed by atoms with E-state index < -0.39 is 5.67 Å². The summed E-state index contributed by atoms with van der Waals surface area (Å²) in [7, 11) is 0. The van der Waals surface area contributed by atoms with E-state index in [0.29, 0.717) is 46.9 Å². The van der Waals surface area contributed by atoms with Crippen LogP contribution in [0.15, 0.2) is 41.1 Å². The van der Waals surface area contributed by atoms with Crippen LogP contribution in [0.1, 0.15) is 43.9 Å². The molecule has 2 aliphatic rings. The molecule has 1 aliphatic carbocycles. The van der Waals surface area contributed by atoms with Gasteiger partial charge < -0.3 is 14.6 Å². The van der Waals surface area contributed by atoms with Crippen molar-refractivity contribution in [2.24, 2.45) is 5.92 Å². The van der Waals surface area contributed by atoms with Crippen LogP contribution in [0.5, 0.6) is 0 Å². The quantitative estimate of drug-likeness (QED) is 0.419. The number of carbonyl (C=O) groups is 1. The molecule has 1 amide bonds. The number of nitrogens with zero attached hydrogens (tertiary/aromatic N) is 4. The van der Waals surface area contributed by atoms with Gasteiger partial charge in [-0.05, 0) is 69.5 Å². The topological polar surface area (TPSA) is 84.2 Å². The highest BCUT2D eigenvalue weighted by molar-refractivity contribution is 6.00. The summed E-state index contributed by atoms with van der Waals surface area (Å²) in [5.41, 5.74) is 2.00. The standard InChI is InChI=1S/C27H28FN5O2/c1-3-33-10-4-9-27(28,15-33)18-7-8-23-22(11-18)31-26(35-23)21-14-29-16(2)20-13-30-24(12-19(20)21)32-25(34)17-5-6-17/h7-8,11-14,17H,3-6,9-10,15H2,1-2H3,(H,30,32,34). The number of carbonyl (C=O) groups excluding carboxylic acids is 1. The number of benzene rings is 1. The molecule has 1 unspecified atom stereocenters. The smallest absolute Gasteiger partial charge is 0.229 e. The van der Waals surface area contributed by atoms with Gasteiger partial charge in [0.2, 0.25) is 11.8 Å². The van der Waals surface area contributed by atoms with Crippen molar-refractivity contribution in [3.05, 3.63) is 47.9 Å². The Morgan fingerprint density at radius 3 is 2.89 bits per heavy atom. The lowest BCUT2D eigenvalue weighted by atomic mass is 9.87. The van der Waals surface area contributed by atoms with Crippen LogP contribution in [-0.2, 0) is 10.5 Å². The van der Waals surface area contributed by atoms with Crippen LogP contribution in [0.2, 0.25) is 0 Å². The Balaban J connectivity index is 1.39. The molecular formula is C27H28FN5O2. The lowest BCUT2D eigenvalue weighted by molar-refractivity contribution is -0.117. The van der Waals surface area contributed by atoms with Gasteiger partial charge in [0, 0.05) is 41.3 Å². The predicted molar refractivity (Wildman–Crippen MR) is 133 cm³/mol. The number of hydrogen-bond acceptors (Lipinski definition) is 6. The maximum absolute atomic E-state index is 15.9. The molecule has 0 radical (unpaired) electrons. The fourth-order valence-electron chi connectivity index (χ4n) is 5.00. The molecule has 6 rings (SSSR count). The number of aromatic nitrogens is 3. The van der Waals surface area contributed by atoms with Crippen LogP contribution in [0, 0.1) is 12.8 Å². The van der Waals surface area contributed by atoms with E-state index in [1.165, 1.54) is 0 Å². The SMILES string of the molecule is CCN1CCCC(F)(c2ccc3oc(-c4cnc(C)c5cnc(NC(=O)C6CC6)cc45)nc3c2)C1. The minimum absolute atomic E-state index is 0.00284. The molecular weight excluding hydrogens is 445 g/mol. The highest BCUT2D eigenvalue weighted by Crippen LogP contribution is 2.38. The Morgan fingerprint density at radius 2 is 2.09 bits per heavy atom. The van der Waals surface area contributed by atoms with E-state index in [0.717, 1.165) is 48.8 Å². The third-order valence-electron chi connectivity index (χ3n) is 7.27. The Morgan fingerprint density at radius 1 is 1.23 bits per heavy atom. The van der Waals surface area contributed by atoms with Gasteiger partial charge >= 0.3 is 0 Å². The first-order chi connectivity index (χ1) is 16.9. The number of rotatable bonds is 5. The third-order valence-corrected chi connectivity index (χ3v) is 7.27. The molecule has 3 aromatic heterocycles. The highest BCUT2D eigenvalue weighted by atomic mass is 19.1. The van der Waals surface area contributed by atoms with Crippen molar-refractivity contribution < 1.29 is 13.6 Å². The summed E-state index contributed by atoms with van der Waals surface area (Å²) in [6, 6.07) is 7.28. The highest BCUT2D eigenvalue weighted by Gasteiger charge is 2.37. The van der Waals surface area contributed by atoms with E-state index in [1.807, 2.05) is 25.1 Å². The first-order valence-electron chi connectivity index (χ1n) is 12.3. The van der Waals surface area contributed by atoms with E-state index in [4.69, 9.17) is 9.40 Å². The van der Waals surface area contributed by atoms with Gasteiger partial charge in [0.15, 0.2) is 5.58 Å². The predicted octanol–water partition coefficient (Wildman–Crippen LogP) is 5.38. The Labute approximate surface area is 202 Å². The molecule has 4 heterocycles. The van der Waals surface area contributed by atoms with Crippen LogP contribution in [0.25, 0.3) is 33.3 Å². The van der Waals surface area contributed by atoms with Crippen molar-refractivity contribution in [1.29, 1.82) is 0 Å². The van der Waals surface area contributed by atoms with Crippen LogP contribution in [0.3, 0.4) is 0 Å². The first kappa shape index (κ1) is 22.1. The Kier molecular flexibility index (Phi) is 5.29. The van der Waals surface area contributed by atoms with Crippen molar-refractivity contribution in [3.63, 3.8) is 0 Å². The minimum Gasteiger partial charge on any atom is -0.436 e. The van der Waals surface area contributed by atoms with Crippen molar-refractivity contribution in [2.75, 3.05) is 25.0 Å². The number of pyridine rings is 2. The molecule has 8 heteroatoms. The first-order valence-corrected chi connectivity index (χ1v) is 12.3. The van der Waals surface area contributed by atoms with Gasteiger partial charge in [-0.25, -0.2) is 14.4 Å². The normalized spacial score (nSPS) is 21.0. The number of fused-ring (bicyclic) bond motifs is 2. The maximum atomic E-state index is 15.9. The van der Waals surface area contributed by atoms with Crippen LogP contribution >= 0.6 is 0 Å². The van der Waals surface area contributed by atoms with E-state index in [1.54, 1.807) is 18.5 Å². The summed E-state index contributed by atoms with van der Waals surface area (Å²) < 4.78 is 22.0. The molecule has 1 saturated heterocycles. The van der Waals surface area contributed by atoms with E-state index in [-0.39, 0.29) is 11.8 Å². The number of likely N-dealkylation sites (N-methyl/N-ethyl adjacent to an activating group) is 1. The number of oxazole rings is 1. The molecule has 4 aromatic rings. The number of anilines is 1. The largest absolute Gasteiger partial charge is 0.436 e. The molecule has 1 aromatic carbocycles. The van der Waals surface area contributed by atoms with Gasteiger partial charge in [0.1, 0.15) is 17.0 Å². The molecule has 0 bridgehead atoms. The molecule has 1 atom stereocenters. The fourth-order valence-corrected chi connectivity index (χ4v) is 5.00. The van der Waals surface area contributed by atoms with Crippen LogP contribution < -0.4 is 5.32 Å². The van der Waals surface area contributed by atoms with E-state index >= 15 is 4.39 Å². The Bertz CT molecular complexity index is 1450. The molecule has 180 valence electrons. The van der Waals surface area contributed by atoms with Crippen molar-refractivity contribution >= 4 is 33.6 Å². The second-order valence-electron chi connectivity index (χ2n) is 9.78. The van der Waals surface area contributed by atoms with Gasteiger partial charge in [-0.1, -0.05) is 13.0 Å². The number of alkyl halides is 1.